The van der Waals surface area contributed by atoms with Crippen LogP contribution in [-0.2, 0) is 11.3 Å². The first-order valence-electron chi connectivity index (χ1n) is 6.87. The number of aliphatic hydroxyl groups excluding tert-OH is 1. The molecule has 0 heterocycles. The van der Waals surface area contributed by atoms with E-state index in [1.54, 1.807) is 0 Å². The topological polar surface area (TPSA) is 49.3 Å². The Morgan fingerprint density at radius 2 is 2.00 bits per heavy atom. The Balaban J connectivity index is 2.65. The van der Waals surface area contributed by atoms with Gasteiger partial charge in [0.1, 0.15) is 0 Å². The summed E-state index contributed by atoms with van der Waals surface area (Å²) in [4.78, 5) is 11.8. The molecule has 1 rings (SSSR count). The lowest BCUT2D eigenvalue weighted by Crippen LogP contribution is -2.27. The number of hydrogen-bond acceptors (Lipinski definition) is 2. The van der Waals surface area contributed by atoms with Crippen molar-refractivity contribution in [1.29, 1.82) is 0 Å². The van der Waals surface area contributed by atoms with Crippen molar-refractivity contribution in [3.8, 4) is 11.8 Å². The Morgan fingerprint density at radius 3 is 2.65 bits per heavy atom. The summed E-state index contributed by atoms with van der Waals surface area (Å²) in [5.74, 6) is 5.98. The normalized spacial score (nSPS) is 10.6. The number of nitrogens with one attached hydrogen (secondary N) is 1. The van der Waals surface area contributed by atoms with Gasteiger partial charge in [0, 0.05) is 24.9 Å². The lowest BCUT2D eigenvalue weighted by atomic mass is 9.92. The third-order valence-electron chi connectivity index (χ3n) is 2.64. The predicted molar refractivity (Wildman–Crippen MR) is 80.9 cm³/mol. The van der Waals surface area contributed by atoms with E-state index in [9.17, 15) is 4.79 Å². The lowest BCUT2D eigenvalue weighted by molar-refractivity contribution is -0.122. The van der Waals surface area contributed by atoms with E-state index in [-0.39, 0.29) is 17.9 Å². The summed E-state index contributed by atoms with van der Waals surface area (Å²) < 4.78 is 0. The molecule has 1 aromatic carbocycles. The second-order valence-electron chi connectivity index (χ2n) is 5.95. The van der Waals surface area contributed by atoms with Gasteiger partial charge in [-0.3, -0.25) is 4.79 Å². The minimum absolute atomic E-state index is 0.00939. The summed E-state index contributed by atoms with van der Waals surface area (Å²) in [5, 5.41) is 11.7. The van der Waals surface area contributed by atoms with Gasteiger partial charge in [0.05, 0.1) is 6.61 Å². The molecule has 1 aromatic rings. The average Bonchev–Trinajstić information content (AvgIpc) is 2.36. The van der Waals surface area contributed by atoms with E-state index in [1.165, 1.54) is 0 Å². The summed E-state index contributed by atoms with van der Waals surface area (Å²) in [5.41, 5.74) is 1.89. The molecule has 0 aromatic heterocycles. The van der Waals surface area contributed by atoms with Crippen LogP contribution in [0.2, 0.25) is 0 Å². The Kier molecular flexibility index (Phi) is 6.27. The maximum absolute atomic E-state index is 11.8. The van der Waals surface area contributed by atoms with Crippen LogP contribution in [0.15, 0.2) is 24.3 Å². The largest absolute Gasteiger partial charge is 0.395 e. The molecule has 3 heteroatoms. The van der Waals surface area contributed by atoms with E-state index < -0.39 is 0 Å². The van der Waals surface area contributed by atoms with Crippen LogP contribution >= 0.6 is 0 Å². The highest BCUT2D eigenvalue weighted by molar-refractivity contribution is 5.76. The molecule has 0 saturated carbocycles. The van der Waals surface area contributed by atoms with Crippen molar-refractivity contribution in [2.45, 2.75) is 40.2 Å². The first-order chi connectivity index (χ1) is 9.42. The van der Waals surface area contributed by atoms with Crippen molar-refractivity contribution in [1.82, 2.24) is 5.32 Å². The summed E-state index contributed by atoms with van der Waals surface area (Å²) >= 11 is 0. The van der Waals surface area contributed by atoms with Crippen LogP contribution < -0.4 is 5.32 Å². The molecule has 0 unspecified atom stereocenters. The number of carbonyl (C=O) groups is 1. The van der Waals surface area contributed by atoms with Crippen molar-refractivity contribution >= 4 is 5.91 Å². The Morgan fingerprint density at radius 1 is 1.30 bits per heavy atom. The maximum Gasteiger partial charge on any atom is 0.220 e. The molecule has 0 bridgehead atoms. The first-order valence-corrected chi connectivity index (χ1v) is 6.87. The van der Waals surface area contributed by atoms with Crippen LogP contribution in [0.5, 0.6) is 0 Å². The second-order valence-corrected chi connectivity index (χ2v) is 5.95. The third-order valence-corrected chi connectivity index (χ3v) is 2.64. The van der Waals surface area contributed by atoms with E-state index >= 15 is 0 Å². The Hall–Kier alpha value is -1.79. The zero-order chi connectivity index (χ0) is 15.0. The van der Waals surface area contributed by atoms with Crippen LogP contribution in [-0.4, -0.2) is 17.6 Å². The Bertz CT molecular complexity index is 504. The number of aliphatic hydroxyl groups is 1. The minimum atomic E-state index is -0.00939. The molecule has 0 aliphatic carbocycles. The number of rotatable bonds is 4. The standard InChI is InChI=1S/C17H23NO2/c1-17(2,3)12-16(20)18-13-15-10-5-4-8-14(15)9-6-7-11-19/h4-5,8,10,19H,7,11-13H2,1-3H3,(H,18,20). The van der Waals surface area contributed by atoms with Crippen molar-refractivity contribution in [2.75, 3.05) is 6.61 Å². The van der Waals surface area contributed by atoms with Crippen molar-refractivity contribution in [2.24, 2.45) is 5.41 Å². The van der Waals surface area contributed by atoms with E-state index in [0.29, 0.717) is 19.4 Å². The van der Waals surface area contributed by atoms with Gasteiger partial charge in [0.25, 0.3) is 0 Å². The fourth-order valence-corrected chi connectivity index (χ4v) is 1.75. The van der Waals surface area contributed by atoms with Crippen LogP contribution in [0.4, 0.5) is 0 Å². The fraction of sp³-hybridized carbons (Fsp3) is 0.471. The molecular weight excluding hydrogens is 250 g/mol. The molecule has 0 radical (unpaired) electrons. The molecule has 3 nitrogen and oxygen atoms in total. The van der Waals surface area contributed by atoms with E-state index in [0.717, 1.165) is 11.1 Å². The molecule has 0 aliphatic rings. The molecule has 0 spiro atoms. The van der Waals surface area contributed by atoms with Crippen LogP contribution in [0.25, 0.3) is 0 Å². The minimum Gasteiger partial charge on any atom is -0.395 e. The average molecular weight is 273 g/mol. The molecule has 0 fully saturated rings. The SMILES string of the molecule is CC(C)(C)CC(=O)NCc1ccccc1C#CCCO. The highest BCUT2D eigenvalue weighted by Crippen LogP contribution is 2.18. The second kappa shape index (κ2) is 7.72. The van der Waals surface area contributed by atoms with Crippen LogP contribution in [0.1, 0.15) is 44.7 Å². The van der Waals surface area contributed by atoms with Crippen LogP contribution in [0, 0.1) is 17.3 Å². The predicted octanol–water partition coefficient (Wildman–Crippen LogP) is 2.47. The van der Waals surface area contributed by atoms with E-state index in [1.807, 2.05) is 45.0 Å². The Labute approximate surface area is 121 Å². The van der Waals surface area contributed by atoms with Gasteiger partial charge in [0.15, 0.2) is 0 Å². The van der Waals surface area contributed by atoms with Gasteiger partial charge in [-0.2, -0.15) is 0 Å². The molecule has 20 heavy (non-hydrogen) atoms. The highest BCUT2D eigenvalue weighted by Gasteiger charge is 2.15. The van der Waals surface area contributed by atoms with Gasteiger partial charge < -0.3 is 10.4 Å². The van der Waals surface area contributed by atoms with Gasteiger partial charge in [-0.05, 0) is 17.0 Å². The van der Waals surface area contributed by atoms with Crippen molar-refractivity contribution < 1.29 is 9.90 Å². The quantitative estimate of drug-likeness (QED) is 0.828. The molecule has 0 atom stereocenters. The summed E-state index contributed by atoms with van der Waals surface area (Å²) in [6, 6.07) is 7.74. The molecule has 108 valence electrons. The van der Waals surface area contributed by atoms with Gasteiger partial charge in [-0.1, -0.05) is 50.8 Å². The third kappa shape index (κ3) is 6.40. The zero-order valence-corrected chi connectivity index (χ0v) is 12.5. The smallest absolute Gasteiger partial charge is 0.220 e. The van der Waals surface area contributed by atoms with Crippen molar-refractivity contribution in [3.05, 3.63) is 35.4 Å². The zero-order valence-electron chi connectivity index (χ0n) is 12.5. The molecule has 0 saturated heterocycles. The van der Waals surface area contributed by atoms with Gasteiger partial charge in [0.2, 0.25) is 5.91 Å². The lowest BCUT2D eigenvalue weighted by Gasteiger charge is -2.17. The molecule has 0 aliphatic heterocycles. The van der Waals surface area contributed by atoms with Gasteiger partial charge in [-0.15, -0.1) is 0 Å². The van der Waals surface area contributed by atoms with Gasteiger partial charge >= 0.3 is 0 Å². The van der Waals surface area contributed by atoms with E-state index in [4.69, 9.17) is 5.11 Å². The monoisotopic (exact) mass is 273 g/mol. The number of benzene rings is 1. The van der Waals surface area contributed by atoms with Crippen LogP contribution in [0.3, 0.4) is 0 Å². The summed E-state index contributed by atoms with van der Waals surface area (Å²) in [6.45, 7) is 6.68. The van der Waals surface area contributed by atoms with E-state index in [2.05, 4.69) is 17.2 Å². The number of hydrogen-bond donors (Lipinski definition) is 2. The summed E-state index contributed by atoms with van der Waals surface area (Å²) in [7, 11) is 0. The number of amides is 1. The highest BCUT2D eigenvalue weighted by atomic mass is 16.2. The molecule has 2 N–H and O–H groups in total. The maximum atomic E-state index is 11.8. The fourth-order valence-electron chi connectivity index (χ4n) is 1.75. The summed E-state index contributed by atoms with van der Waals surface area (Å²) in [6.07, 6.45) is 0.968. The van der Waals surface area contributed by atoms with Crippen molar-refractivity contribution in [3.63, 3.8) is 0 Å². The molecule has 1 amide bonds. The first kappa shape index (κ1) is 16.3. The molecular formula is C17H23NO2. The van der Waals surface area contributed by atoms with Gasteiger partial charge in [-0.25, -0.2) is 0 Å². The number of carbonyl (C=O) groups excluding carboxylic acids is 1.